The van der Waals surface area contributed by atoms with E-state index in [1.54, 1.807) is 29.3 Å². The number of morpholine rings is 1. The van der Waals surface area contributed by atoms with Crippen LogP contribution in [0, 0.1) is 5.41 Å². The van der Waals surface area contributed by atoms with Gasteiger partial charge in [-0.15, -0.1) is 0 Å². The van der Waals surface area contributed by atoms with E-state index >= 15 is 0 Å². The van der Waals surface area contributed by atoms with Gasteiger partial charge in [0.05, 0.1) is 13.2 Å². The van der Waals surface area contributed by atoms with Crippen LogP contribution in [0.3, 0.4) is 0 Å². The van der Waals surface area contributed by atoms with Crippen LogP contribution in [0.1, 0.15) is 20.8 Å². The highest BCUT2D eigenvalue weighted by Gasteiger charge is 2.21. The summed E-state index contributed by atoms with van der Waals surface area (Å²) in [6.45, 7) is 7.96. The van der Waals surface area contributed by atoms with Gasteiger partial charge < -0.3 is 14.8 Å². The second kappa shape index (κ2) is 7.43. The van der Waals surface area contributed by atoms with Gasteiger partial charge in [-0.3, -0.25) is 10.2 Å². The molecule has 0 bridgehead atoms. The van der Waals surface area contributed by atoms with Gasteiger partial charge in [0.2, 0.25) is 5.91 Å². The summed E-state index contributed by atoms with van der Waals surface area (Å²) in [6.07, 6.45) is -0.543. The molecule has 1 aromatic rings. The SMILES string of the molecule is CC(C)(C)C(=O)Nc1ccc(OC(=O)NN2CCOCC2)cc1. The van der Waals surface area contributed by atoms with E-state index in [0.29, 0.717) is 37.7 Å². The van der Waals surface area contributed by atoms with Crippen LogP contribution in [0.25, 0.3) is 0 Å². The Hall–Kier alpha value is -2.12. The fourth-order valence-corrected chi connectivity index (χ4v) is 1.86. The molecule has 2 N–H and O–H groups in total. The molecule has 7 nitrogen and oxygen atoms in total. The maximum Gasteiger partial charge on any atom is 0.427 e. The van der Waals surface area contributed by atoms with E-state index < -0.39 is 11.5 Å². The van der Waals surface area contributed by atoms with E-state index in [1.807, 2.05) is 20.8 Å². The number of amides is 2. The summed E-state index contributed by atoms with van der Waals surface area (Å²) >= 11 is 0. The number of hydrogen-bond donors (Lipinski definition) is 2. The van der Waals surface area contributed by atoms with E-state index in [-0.39, 0.29) is 5.91 Å². The van der Waals surface area contributed by atoms with Gasteiger partial charge in [0.1, 0.15) is 5.75 Å². The standard InChI is InChI=1S/C16H23N3O4/c1-16(2,3)14(20)17-12-4-6-13(7-5-12)23-15(21)18-19-8-10-22-11-9-19/h4-7H,8-11H2,1-3H3,(H,17,20)(H,18,21). The zero-order valence-corrected chi connectivity index (χ0v) is 13.7. The number of benzene rings is 1. The lowest BCUT2D eigenvalue weighted by molar-refractivity contribution is -0.123. The van der Waals surface area contributed by atoms with Crippen LogP contribution in [0.5, 0.6) is 5.75 Å². The zero-order valence-electron chi connectivity index (χ0n) is 13.7. The number of nitrogens with zero attached hydrogens (tertiary/aromatic N) is 1. The molecule has 1 heterocycles. The predicted molar refractivity (Wildman–Crippen MR) is 86.1 cm³/mol. The monoisotopic (exact) mass is 321 g/mol. The molecule has 1 aliphatic rings. The minimum Gasteiger partial charge on any atom is -0.409 e. The van der Waals surface area contributed by atoms with Crippen molar-refractivity contribution < 1.29 is 19.1 Å². The van der Waals surface area contributed by atoms with Crippen molar-refractivity contribution in [2.45, 2.75) is 20.8 Å². The fourth-order valence-electron chi connectivity index (χ4n) is 1.86. The first kappa shape index (κ1) is 17.2. The van der Waals surface area contributed by atoms with Gasteiger partial charge in [0, 0.05) is 24.2 Å². The Morgan fingerprint density at radius 3 is 2.30 bits per heavy atom. The van der Waals surface area contributed by atoms with E-state index in [9.17, 15) is 9.59 Å². The van der Waals surface area contributed by atoms with Crippen LogP contribution in [0.2, 0.25) is 0 Å². The van der Waals surface area contributed by atoms with Crippen LogP contribution in [-0.4, -0.2) is 43.3 Å². The molecular weight excluding hydrogens is 298 g/mol. The van der Waals surface area contributed by atoms with Crippen LogP contribution < -0.4 is 15.5 Å². The first-order chi connectivity index (χ1) is 10.8. The molecule has 2 rings (SSSR count). The number of nitrogens with one attached hydrogen (secondary N) is 2. The molecule has 7 heteroatoms. The second-order valence-electron chi connectivity index (χ2n) is 6.33. The molecular formula is C16H23N3O4. The smallest absolute Gasteiger partial charge is 0.409 e. The largest absolute Gasteiger partial charge is 0.427 e. The summed E-state index contributed by atoms with van der Waals surface area (Å²) in [5, 5.41) is 4.56. The average Bonchev–Trinajstić information content (AvgIpc) is 2.49. The van der Waals surface area contributed by atoms with E-state index in [1.165, 1.54) is 0 Å². The molecule has 1 aliphatic heterocycles. The average molecular weight is 321 g/mol. The highest BCUT2D eigenvalue weighted by Crippen LogP contribution is 2.20. The minimum atomic E-state index is -0.543. The van der Waals surface area contributed by atoms with Crippen molar-refractivity contribution in [2.75, 3.05) is 31.6 Å². The Bertz CT molecular complexity index is 545. The van der Waals surface area contributed by atoms with Crippen molar-refractivity contribution in [1.29, 1.82) is 0 Å². The van der Waals surface area contributed by atoms with E-state index in [2.05, 4.69) is 10.7 Å². The highest BCUT2D eigenvalue weighted by atomic mass is 16.6. The van der Waals surface area contributed by atoms with Crippen molar-refractivity contribution >= 4 is 17.7 Å². The number of hydrogen-bond acceptors (Lipinski definition) is 5. The Morgan fingerprint density at radius 1 is 1.13 bits per heavy atom. The molecule has 0 saturated carbocycles. The van der Waals surface area contributed by atoms with Crippen LogP contribution in [0.15, 0.2) is 24.3 Å². The summed E-state index contributed by atoms with van der Waals surface area (Å²) < 4.78 is 10.4. The van der Waals surface area contributed by atoms with Crippen molar-refractivity contribution in [2.24, 2.45) is 5.41 Å². The third-order valence-corrected chi connectivity index (χ3v) is 3.26. The molecule has 126 valence electrons. The summed E-state index contributed by atoms with van der Waals surface area (Å²) in [5.74, 6) is 0.334. The maximum absolute atomic E-state index is 11.9. The summed E-state index contributed by atoms with van der Waals surface area (Å²) in [7, 11) is 0. The van der Waals surface area contributed by atoms with Gasteiger partial charge >= 0.3 is 6.09 Å². The lowest BCUT2D eigenvalue weighted by Gasteiger charge is -2.26. The highest BCUT2D eigenvalue weighted by molar-refractivity contribution is 5.94. The topological polar surface area (TPSA) is 79.9 Å². The van der Waals surface area contributed by atoms with Crippen molar-refractivity contribution in [1.82, 2.24) is 10.4 Å². The lowest BCUT2D eigenvalue weighted by Crippen LogP contribution is -2.49. The molecule has 1 fully saturated rings. The van der Waals surface area contributed by atoms with Crippen molar-refractivity contribution in [3.63, 3.8) is 0 Å². The summed E-state index contributed by atoms with van der Waals surface area (Å²) in [4.78, 5) is 23.7. The summed E-state index contributed by atoms with van der Waals surface area (Å²) in [5.41, 5.74) is 2.85. The fraction of sp³-hybridized carbons (Fsp3) is 0.500. The Morgan fingerprint density at radius 2 is 1.74 bits per heavy atom. The molecule has 1 aromatic carbocycles. The number of hydrazine groups is 1. The molecule has 0 spiro atoms. The molecule has 0 radical (unpaired) electrons. The zero-order chi connectivity index (χ0) is 16.9. The molecule has 0 atom stereocenters. The van der Waals surface area contributed by atoms with Gasteiger partial charge in [0.15, 0.2) is 0 Å². The second-order valence-corrected chi connectivity index (χ2v) is 6.33. The minimum absolute atomic E-state index is 0.0729. The predicted octanol–water partition coefficient (Wildman–Crippen LogP) is 2.01. The van der Waals surface area contributed by atoms with Crippen molar-refractivity contribution in [3.05, 3.63) is 24.3 Å². The maximum atomic E-state index is 11.9. The van der Waals surface area contributed by atoms with Crippen LogP contribution in [0.4, 0.5) is 10.5 Å². The Balaban J connectivity index is 1.84. The van der Waals surface area contributed by atoms with Gasteiger partial charge in [-0.1, -0.05) is 20.8 Å². The molecule has 0 unspecified atom stereocenters. The van der Waals surface area contributed by atoms with Gasteiger partial charge in [-0.25, -0.2) is 9.80 Å². The third kappa shape index (κ3) is 5.54. The number of ether oxygens (including phenoxy) is 2. The molecule has 0 aromatic heterocycles. The Labute approximate surface area is 135 Å². The normalized spacial score (nSPS) is 15.8. The Kier molecular flexibility index (Phi) is 5.57. The molecule has 1 saturated heterocycles. The number of rotatable bonds is 3. The third-order valence-electron chi connectivity index (χ3n) is 3.26. The first-order valence-corrected chi connectivity index (χ1v) is 7.57. The molecule has 23 heavy (non-hydrogen) atoms. The molecule has 0 aliphatic carbocycles. The van der Waals surface area contributed by atoms with Crippen LogP contribution >= 0.6 is 0 Å². The van der Waals surface area contributed by atoms with E-state index in [4.69, 9.17) is 9.47 Å². The first-order valence-electron chi connectivity index (χ1n) is 7.57. The number of carbonyl (C=O) groups excluding carboxylic acids is 2. The summed E-state index contributed by atoms with van der Waals surface area (Å²) in [6, 6.07) is 6.66. The van der Waals surface area contributed by atoms with E-state index in [0.717, 1.165) is 0 Å². The molecule has 2 amide bonds. The van der Waals surface area contributed by atoms with Crippen LogP contribution in [-0.2, 0) is 9.53 Å². The van der Waals surface area contributed by atoms with Crippen molar-refractivity contribution in [3.8, 4) is 5.75 Å². The van der Waals surface area contributed by atoms with Gasteiger partial charge in [0.25, 0.3) is 0 Å². The quantitative estimate of drug-likeness (QED) is 0.890. The van der Waals surface area contributed by atoms with Gasteiger partial charge in [-0.2, -0.15) is 0 Å². The number of carbonyl (C=O) groups is 2. The number of anilines is 1. The van der Waals surface area contributed by atoms with Gasteiger partial charge in [-0.05, 0) is 24.3 Å². The lowest BCUT2D eigenvalue weighted by atomic mass is 9.95.